The molecule has 0 atom stereocenters. The van der Waals surface area contributed by atoms with Gasteiger partial charge in [-0.15, -0.1) is 0 Å². The number of amides is 1. The van der Waals surface area contributed by atoms with Crippen molar-refractivity contribution in [3.63, 3.8) is 0 Å². The molecule has 1 amide bonds. The zero-order valence-corrected chi connectivity index (χ0v) is 18.9. The van der Waals surface area contributed by atoms with Gasteiger partial charge in [0.2, 0.25) is 5.88 Å². The standard InChI is InChI=1S/C22H22FN5O3.C2H3N/c1-11-15(9-27-21-20(11)25-5-6-30-21)14-7-12-8-17(26-10-16(12)19(24)18(14)23)28-22(29)31-13-3-2-4-13;1-2-3/h7-10,13,25H,2-6,24H2,1H3,(H,26,28,29);1H3. The van der Waals surface area contributed by atoms with Crippen molar-refractivity contribution in [3.05, 3.63) is 35.9 Å². The number of anilines is 3. The summed E-state index contributed by atoms with van der Waals surface area (Å²) in [5.74, 6) is 0.271. The van der Waals surface area contributed by atoms with E-state index in [1.54, 1.807) is 24.4 Å². The van der Waals surface area contributed by atoms with Crippen LogP contribution in [0.5, 0.6) is 5.88 Å². The average molecular weight is 465 g/mol. The van der Waals surface area contributed by atoms with Gasteiger partial charge in [-0.1, -0.05) is 0 Å². The fraction of sp³-hybridized carbons (Fsp3) is 0.333. The molecule has 2 aromatic heterocycles. The number of pyridine rings is 2. The lowest BCUT2D eigenvalue weighted by Gasteiger charge is -2.25. The van der Waals surface area contributed by atoms with E-state index >= 15 is 4.39 Å². The molecular weight excluding hydrogens is 439 g/mol. The normalized spacial score (nSPS) is 14.3. The number of nitrogens with zero attached hydrogens (tertiary/aromatic N) is 3. The summed E-state index contributed by atoms with van der Waals surface area (Å²) in [5, 5.41) is 14.3. The number of rotatable bonds is 3. The summed E-state index contributed by atoms with van der Waals surface area (Å²) in [6.45, 7) is 4.49. The Kier molecular flexibility index (Phi) is 6.63. The highest BCUT2D eigenvalue weighted by Gasteiger charge is 2.23. The lowest BCUT2D eigenvalue weighted by Crippen LogP contribution is -2.27. The number of nitrogen functional groups attached to an aromatic ring is 1. The van der Waals surface area contributed by atoms with Crippen molar-refractivity contribution in [2.75, 3.05) is 29.5 Å². The quantitative estimate of drug-likeness (QED) is 0.472. The van der Waals surface area contributed by atoms with E-state index in [9.17, 15) is 4.79 Å². The Hall–Kier alpha value is -4.13. The predicted molar refractivity (Wildman–Crippen MR) is 127 cm³/mol. The van der Waals surface area contributed by atoms with E-state index in [1.807, 2.05) is 6.92 Å². The molecule has 5 rings (SSSR count). The van der Waals surface area contributed by atoms with E-state index in [1.165, 1.54) is 13.1 Å². The van der Waals surface area contributed by atoms with Gasteiger partial charge in [-0.05, 0) is 49.3 Å². The second kappa shape index (κ2) is 9.79. The van der Waals surface area contributed by atoms with Crippen LogP contribution in [0.2, 0.25) is 0 Å². The highest BCUT2D eigenvalue weighted by molar-refractivity contribution is 5.99. The van der Waals surface area contributed by atoms with E-state index in [2.05, 4.69) is 20.6 Å². The number of nitriles is 1. The van der Waals surface area contributed by atoms with Crippen LogP contribution in [-0.4, -0.2) is 35.3 Å². The SMILES string of the molecule is CC#N.Cc1c(-c2cc3cc(NC(=O)OC4CCC4)ncc3c(N)c2F)cnc2c1NCCO2. The second-order valence-corrected chi connectivity index (χ2v) is 8.00. The summed E-state index contributed by atoms with van der Waals surface area (Å²) in [5.41, 5.74) is 8.58. The van der Waals surface area contributed by atoms with Crippen LogP contribution in [0.25, 0.3) is 21.9 Å². The molecule has 2 aliphatic rings. The lowest BCUT2D eigenvalue weighted by molar-refractivity contribution is 0.0623. The Morgan fingerprint density at radius 1 is 1.32 bits per heavy atom. The third-order valence-electron chi connectivity index (χ3n) is 5.79. The molecule has 9 nitrogen and oxygen atoms in total. The Balaban J connectivity index is 0.000000868. The number of ether oxygens (including phenoxy) is 2. The number of carbonyl (C=O) groups is 1. The predicted octanol–water partition coefficient (Wildman–Crippen LogP) is 4.76. The van der Waals surface area contributed by atoms with Crippen LogP contribution < -0.4 is 21.1 Å². The highest BCUT2D eigenvalue weighted by Crippen LogP contribution is 2.39. The fourth-order valence-electron chi connectivity index (χ4n) is 3.83. The average Bonchev–Trinajstić information content (AvgIpc) is 2.80. The third kappa shape index (κ3) is 4.50. The monoisotopic (exact) mass is 464 g/mol. The molecule has 0 radical (unpaired) electrons. The number of fused-ring (bicyclic) bond motifs is 2. The Bertz CT molecular complexity index is 1290. The fourth-order valence-corrected chi connectivity index (χ4v) is 3.83. The van der Waals surface area contributed by atoms with Crippen molar-refractivity contribution < 1.29 is 18.7 Å². The molecule has 176 valence electrons. The molecule has 0 spiro atoms. The van der Waals surface area contributed by atoms with Crippen molar-refractivity contribution in [2.24, 2.45) is 0 Å². The molecule has 0 unspecified atom stereocenters. The zero-order chi connectivity index (χ0) is 24.2. The van der Waals surface area contributed by atoms with Crippen LogP contribution in [0.4, 0.5) is 26.4 Å². The molecule has 1 aliphatic heterocycles. The van der Waals surface area contributed by atoms with Crippen LogP contribution in [0, 0.1) is 24.1 Å². The summed E-state index contributed by atoms with van der Waals surface area (Å²) in [6, 6.07) is 5.09. The van der Waals surface area contributed by atoms with E-state index in [0.29, 0.717) is 46.7 Å². The topological polar surface area (TPSA) is 135 Å². The highest BCUT2D eigenvalue weighted by atomic mass is 19.1. The van der Waals surface area contributed by atoms with Gasteiger partial charge in [0.1, 0.15) is 24.2 Å². The second-order valence-electron chi connectivity index (χ2n) is 8.00. The first kappa shape index (κ1) is 23.0. The molecule has 34 heavy (non-hydrogen) atoms. The van der Waals surface area contributed by atoms with Gasteiger partial charge in [-0.3, -0.25) is 5.32 Å². The number of nitrogens with one attached hydrogen (secondary N) is 2. The van der Waals surface area contributed by atoms with Crippen LogP contribution >= 0.6 is 0 Å². The first-order valence-electron chi connectivity index (χ1n) is 11.0. The Labute approximate surface area is 196 Å². The van der Waals surface area contributed by atoms with Crippen LogP contribution in [-0.2, 0) is 4.74 Å². The van der Waals surface area contributed by atoms with Gasteiger partial charge >= 0.3 is 6.09 Å². The molecule has 0 bridgehead atoms. The summed E-state index contributed by atoms with van der Waals surface area (Å²) in [7, 11) is 0. The number of halogens is 1. The summed E-state index contributed by atoms with van der Waals surface area (Å²) >= 11 is 0. The number of aromatic nitrogens is 2. The van der Waals surface area contributed by atoms with E-state index in [0.717, 1.165) is 30.5 Å². The van der Waals surface area contributed by atoms with Gasteiger partial charge in [-0.2, -0.15) is 5.26 Å². The molecule has 1 aliphatic carbocycles. The molecule has 1 fully saturated rings. The van der Waals surface area contributed by atoms with Crippen molar-refractivity contribution in [2.45, 2.75) is 39.2 Å². The van der Waals surface area contributed by atoms with Crippen molar-refractivity contribution in [1.29, 1.82) is 5.26 Å². The number of benzene rings is 1. The van der Waals surface area contributed by atoms with E-state index < -0.39 is 11.9 Å². The minimum absolute atomic E-state index is 0.00933. The first-order valence-corrected chi connectivity index (χ1v) is 11.0. The largest absolute Gasteiger partial charge is 0.474 e. The maximum absolute atomic E-state index is 15.2. The van der Waals surface area contributed by atoms with Crippen molar-refractivity contribution >= 4 is 34.1 Å². The summed E-state index contributed by atoms with van der Waals surface area (Å²) in [4.78, 5) is 20.6. The third-order valence-corrected chi connectivity index (χ3v) is 5.79. The summed E-state index contributed by atoms with van der Waals surface area (Å²) < 4.78 is 26.1. The maximum Gasteiger partial charge on any atom is 0.413 e. The van der Waals surface area contributed by atoms with E-state index in [4.69, 9.17) is 20.5 Å². The number of hydrogen-bond acceptors (Lipinski definition) is 8. The van der Waals surface area contributed by atoms with Gasteiger partial charge in [0.15, 0.2) is 5.82 Å². The maximum atomic E-state index is 15.2. The molecular formula is C24H25FN6O3. The van der Waals surface area contributed by atoms with Gasteiger partial charge in [0, 0.05) is 42.4 Å². The lowest BCUT2D eigenvalue weighted by atomic mass is 9.96. The van der Waals surface area contributed by atoms with Crippen LogP contribution in [0.1, 0.15) is 31.7 Å². The summed E-state index contributed by atoms with van der Waals surface area (Å²) in [6.07, 6.45) is 5.28. The number of hydrogen-bond donors (Lipinski definition) is 3. The van der Waals surface area contributed by atoms with Gasteiger partial charge < -0.3 is 20.5 Å². The minimum atomic E-state index is -0.548. The molecule has 0 saturated heterocycles. The number of nitrogens with two attached hydrogens (primary N) is 1. The zero-order valence-electron chi connectivity index (χ0n) is 18.9. The smallest absolute Gasteiger partial charge is 0.413 e. The molecule has 1 saturated carbocycles. The first-order chi connectivity index (χ1) is 16.4. The van der Waals surface area contributed by atoms with Gasteiger partial charge in [0.25, 0.3) is 0 Å². The minimum Gasteiger partial charge on any atom is -0.474 e. The molecule has 4 N–H and O–H groups in total. The molecule has 1 aromatic carbocycles. The van der Waals surface area contributed by atoms with Crippen molar-refractivity contribution in [3.8, 4) is 23.1 Å². The van der Waals surface area contributed by atoms with Gasteiger partial charge in [0.05, 0.1) is 11.8 Å². The number of carbonyl (C=O) groups excluding carboxylic acids is 1. The molecule has 3 aromatic rings. The van der Waals surface area contributed by atoms with E-state index in [-0.39, 0.29) is 11.8 Å². The van der Waals surface area contributed by atoms with Crippen molar-refractivity contribution in [1.82, 2.24) is 9.97 Å². The molecule has 3 heterocycles. The van der Waals surface area contributed by atoms with Crippen LogP contribution in [0.3, 0.4) is 0 Å². The molecule has 10 heteroatoms. The van der Waals surface area contributed by atoms with Gasteiger partial charge in [-0.25, -0.2) is 19.2 Å². The van der Waals surface area contributed by atoms with Crippen LogP contribution in [0.15, 0.2) is 24.5 Å². The Morgan fingerprint density at radius 2 is 2.09 bits per heavy atom. The Morgan fingerprint density at radius 3 is 2.79 bits per heavy atom.